The summed E-state index contributed by atoms with van der Waals surface area (Å²) >= 11 is 0. The average molecular weight is 343 g/mol. The molecule has 120 valence electrons. The molecule has 0 N–H and O–H groups in total. The number of halogens is 3. The third-order valence-corrected chi connectivity index (χ3v) is 4.79. The smallest absolute Gasteiger partial charge is 0.320 e. The van der Waals surface area contributed by atoms with Gasteiger partial charge in [0.2, 0.25) is 0 Å². The van der Waals surface area contributed by atoms with Crippen molar-refractivity contribution in [3.05, 3.63) is 64.5 Å². The molecule has 0 saturated carbocycles. The van der Waals surface area contributed by atoms with Crippen molar-refractivity contribution in [2.45, 2.75) is 11.1 Å². The van der Waals surface area contributed by atoms with Crippen molar-refractivity contribution in [2.75, 3.05) is 0 Å². The zero-order chi connectivity index (χ0) is 16.8. The highest BCUT2D eigenvalue weighted by atomic mass is 32.2. The number of benzene rings is 2. The van der Waals surface area contributed by atoms with E-state index in [0.29, 0.717) is 6.07 Å². The van der Waals surface area contributed by atoms with Crippen molar-refractivity contribution in [1.82, 2.24) is 4.15 Å². The summed E-state index contributed by atoms with van der Waals surface area (Å²) in [6.45, 7) is 0. The maximum Gasteiger partial charge on any atom is 0.417 e. The molecular formula is C14H8F3NO4S. The first-order valence-corrected chi connectivity index (χ1v) is 7.70. The minimum Gasteiger partial charge on any atom is -0.320 e. The molecule has 0 saturated heterocycles. The lowest BCUT2D eigenvalue weighted by Crippen LogP contribution is -2.18. The third kappa shape index (κ3) is 2.42. The minimum atomic E-state index is -4.87. The van der Waals surface area contributed by atoms with Crippen LogP contribution in [0.2, 0.25) is 0 Å². The second-order valence-electron chi connectivity index (χ2n) is 4.62. The van der Waals surface area contributed by atoms with E-state index in [2.05, 4.69) is 4.52 Å². The molecule has 3 rings (SSSR count). The van der Waals surface area contributed by atoms with E-state index in [1.165, 1.54) is 24.3 Å². The standard InChI is InChI=1S/C14H8F3NO4S/c15-14(16,17)10-6-2-4-8-12(10)23(20,21)18-11-7-3-1-5-9(11)13(19)22-18/h1-8H. The number of para-hydroxylation sites is 1. The van der Waals surface area contributed by atoms with Crippen molar-refractivity contribution in [1.29, 1.82) is 0 Å². The summed E-state index contributed by atoms with van der Waals surface area (Å²) in [6, 6.07) is 9.22. The number of aromatic nitrogens is 1. The molecule has 0 aliphatic heterocycles. The molecule has 0 bridgehead atoms. The fourth-order valence-corrected chi connectivity index (χ4v) is 3.65. The lowest BCUT2D eigenvalue weighted by molar-refractivity contribution is -0.139. The Kier molecular flexibility index (Phi) is 3.33. The highest BCUT2D eigenvalue weighted by molar-refractivity contribution is 7.90. The highest BCUT2D eigenvalue weighted by Crippen LogP contribution is 2.35. The van der Waals surface area contributed by atoms with Crippen LogP contribution in [0, 0.1) is 0 Å². The van der Waals surface area contributed by atoms with Crippen LogP contribution in [0.5, 0.6) is 0 Å². The Balaban J connectivity index is 2.34. The Morgan fingerprint density at radius 1 is 0.957 bits per heavy atom. The van der Waals surface area contributed by atoms with Gasteiger partial charge in [-0.25, -0.2) is 4.79 Å². The first-order chi connectivity index (χ1) is 10.7. The van der Waals surface area contributed by atoms with Gasteiger partial charge in [-0.1, -0.05) is 28.4 Å². The molecule has 1 heterocycles. The molecule has 23 heavy (non-hydrogen) atoms. The first-order valence-electron chi connectivity index (χ1n) is 6.26. The van der Waals surface area contributed by atoms with Gasteiger partial charge in [0.25, 0.3) is 10.0 Å². The van der Waals surface area contributed by atoms with Crippen LogP contribution < -0.4 is 5.63 Å². The van der Waals surface area contributed by atoms with Crippen molar-refractivity contribution in [3.63, 3.8) is 0 Å². The molecule has 0 unspecified atom stereocenters. The molecule has 1 aromatic heterocycles. The van der Waals surface area contributed by atoms with Gasteiger partial charge >= 0.3 is 11.8 Å². The summed E-state index contributed by atoms with van der Waals surface area (Å²) in [6.07, 6.45) is -4.87. The van der Waals surface area contributed by atoms with Gasteiger partial charge in [0, 0.05) is 0 Å². The van der Waals surface area contributed by atoms with Gasteiger partial charge in [-0.05, 0) is 24.3 Å². The SMILES string of the molecule is O=c1on(S(=O)(=O)c2ccccc2C(F)(F)F)c2ccccc12. The van der Waals surface area contributed by atoms with Gasteiger partial charge in [-0.2, -0.15) is 21.6 Å². The summed E-state index contributed by atoms with van der Waals surface area (Å²) in [5.74, 6) is 0. The van der Waals surface area contributed by atoms with Crippen LogP contribution in [0.1, 0.15) is 5.56 Å². The van der Waals surface area contributed by atoms with Crippen molar-refractivity contribution in [3.8, 4) is 0 Å². The average Bonchev–Trinajstić information content (AvgIpc) is 2.85. The molecule has 0 aliphatic rings. The van der Waals surface area contributed by atoms with Crippen LogP contribution in [0.25, 0.3) is 10.9 Å². The van der Waals surface area contributed by atoms with Crippen molar-refractivity contribution < 1.29 is 26.1 Å². The molecule has 3 aromatic rings. The zero-order valence-electron chi connectivity index (χ0n) is 11.2. The molecule has 0 amide bonds. The molecule has 0 radical (unpaired) electrons. The van der Waals surface area contributed by atoms with Crippen LogP contribution in [-0.4, -0.2) is 12.6 Å². The Bertz CT molecular complexity index is 1050. The lowest BCUT2D eigenvalue weighted by Gasteiger charge is -2.12. The van der Waals surface area contributed by atoms with Crippen LogP contribution >= 0.6 is 0 Å². The van der Waals surface area contributed by atoms with Gasteiger partial charge in [-0.15, -0.1) is 0 Å². The van der Waals surface area contributed by atoms with E-state index in [-0.39, 0.29) is 15.0 Å². The maximum atomic E-state index is 13.0. The van der Waals surface area contributed by atoms with E-state index >= 15 is 0 Å². The van der Waals surface area contributed by atoms with Gasteiger partial charge < -0.3 is 4.52 Å². The molecule has 9 heteroatoms. The molecule has 5 nitrogen and oxygen atoms in total. The van der Waals surface area contributed by atoms with E-state index in [1.807, 2.05) is 0 Å². The number of alkyl halides is 3. The fourth-order valence-electron chi connectivity index (χ4n) is 2.17. The first kappa shape index (κ1) is 15.3. The van der Waals surface area contributed by atoms with Gasteiger partial charge in [0.05, 0.1) is 10.9 Å². The summed E-state index contributed by atoms with van der Waals surface area (Å²) in [5, 5.41) is -0.0411. The van der Waals surface area contributed by atoms with Crippen LogP contribution in [0.4, 0.5) is 13.2 Å². The molecule has 0 fully saturated rings. The fraction of sp³-hybridized carbons (Fsp3) is 0.0714. The van der Waals surface area contributed by atoms with Crippen LogP contribution in [0.3, 0.4) is 0 Å². The summed E-state index contributed by atoms with van der Waals surface area (Å²) in [4.78, 5) is 10.7. The summed E-state index contributed by atoms with van der Waals surface area (Å²) in [5.41, 5.74) is -2.41. The monoisotopic (exact) mass is 343 g/mol. The third-order valence-electron chi connectivity index (χ3n) is 3.18. The number of hydrogen-bond donors (Lipinski definition) is 0. The number of hydrogen-bond acceptors (Lipinski definition) is 4. The van der Waals surface area contributed by atoms with E-state index in [4.69, 9.17) is 0 Å². The molecule has 0 spiro atoms. The second-order valence-corrected chi connectivity index (χ2v) is 6.34. The zero-order valence-corrected chi connectivity index (χ0v) is 12.1. The predicted octanol–water partition coefficient (Wildman–Crippen LogP) is 2.85. The Hall–Kier alpha value is -2.55. The Morgan fingerprint density at radius 2 is 1.57 bits per heavy atom. The van der Waals surface area contributed by atoms with E-state index in [0.717, 1.165) is 18.2 Å². The van der Waals surface area contributed by atoms with E-state index in [9.17, 15) is 26.4 Å². The largest absolute Gasteiger partial charge is 0.417 e. The lowest BCUT2D eigenvalue weighted by atomic mass is 10.2. The van der Waals surface area contributed by atoms with Crippen LogP contribution in [-0.2, 0) is 16.2 Å². The highest BCUT2D eigenvalue weighted by Gasteiger charge is 2.38. The van der Waals surface area contributed by atoms with Gasteiger partial charge in [0.15, 0.2) is 0 Å². The predicted molar refractivity (Wildman–Crippen MR) is 74.5 cm³/mol. The van der Waals surface area contributed by atoms with Crippen molar-refractivity contribution >= 4 is 20.9 Å². The Morgan fingerprint density at radius 3 is 2.26 bits per heavy atom. The summed E-state index contributed by atoms with van der Waals surface area (Å²) < 4.78 is 69.1. The van der Waals surface area contributed by atoms with E-state index < -0.39 is 32.3 Å². The van der Waals surface area contributed by atoms with Gasteiger partial charge in [0.1, 0.15) is 10.4 Å². The number of rotatable bonds is 2. The Labute approximate surface area is 127 Å². The quantitative estimate of drug-likeness (QED) is 0.717. The van der Waals surface area contributed by atoms with Crippen molar-refractivity contribution in [2.24, 2.45) is 0 Å². The topological polar surface area (TPSA) is 69.3 Å². The maximum absolute atomic E-state index is 13.0. The summed E-state index contributed by atoms with van der Waals surface area (Å²) in [7, 11) is -4.73. The second kappa shape index (κ2) is 4.98. The molecule has 0 aliphatic carbocycles. The minimum absolute atomic E-state index is 0.0411. The normalized spacial score (nSPS) is 12.7. The van der Waals surface area contributed by atoms with Crippen LogP contribution in [0.15, 0.2) is 62.7 Å². The number of nitrogens with zero attached hydrogens (tertiary/aromatic N) is 1. The van der Waals surface area contributed by atoms with Gasteiger partial charge in [-0.3, -0.25) is 0 Å². The number of fused-ring (bicyclic) bond motifs is 1. The van der Waals surface area contributed by atoms with E-state index in [1.54, 1.807) is 0 Å². The molecular weight excluding hydrogens is 335 g/mol. The molecule has 0 atom stereocenters. The molecule has 2 aromatic carbocycles.